The number of benzene rings is 2. The number of nitrogens with zero attached hydrogens (tertiary/aromatic N) is 3. The number of urea groups is 1. The summed E-state index contributed by atoms with van der Waals surface area (Å²) in [6, 6.07) is 13.9. The van der Waals surface area contributed by atoms with Crippen molar-refractivity contribution in [1.82, 2.24) is 4.90 Å². The highest BCUT2D eigenvalue weighted by Gasteiger charge is 2.43. The van der Waals surface area contributed by atoms with E-state index in [1.807, 2.05) is 6.07 Å². The average Bonchev–Trinajstić information content (AvgIpc) is 2.86. The number of nitro benzene ring substituents is 1. The molecule has 0 aromatic heterocycles. The summed E-state index contributed by atoms with van der Waals surface area (Å²) in [6.07, 6.45) is 0. The minimum absolute atomic E-state index is 0.0113. The van der Waals surface area contributed by atoms with E-state index >= 15 is 0 Å². The number of carbonyl (C=O) groups is 2. The van der Waals surface area contributed by atoms with Crippen LogP contribution in [0.5, 0.6) is 5.75 Å². The number of hydrogen-bond acceptors (Lipinski definition) is 5. The number of amides is 3. The standard InChI is InChI=1S/C18H17N3O5/c1-13-17(22)19(18(23)20(13)14-7-3-2-4-8-14)11-12-26-16-10-6-5-9-15(16)21(24)25/h2-10,13H,11-12H2,1H3. The van der Waals surface area contributed by atoms with Crippen molar-refractivity contribution in [2.24, 2.45) is 0 Å². The average molecular weight is 355 g/mol. The summed E-state index contributed by atoms with van der Waals surface area (Å²) in [5.74, 6) is -0.227. The van der Waals surface area contributed by atoms with E-state index in [1.54, 1.807) is 37.3 Å². The van der Waals surface area contributed by atoms with Crippen molar-refractivity contribution in [3.05, 3.63) is 64.7 Å². The summed E-state index contributed by atoms with van der Waals surface area (Å²) in [6.45, 7) is 1.64. The van der Waals surface area contributed by atoms with E-state index in [1.165, 1.54) is 23.1 Å². The Labute approximate surface area is 149 Å². The normalized spacial score (nSPS) is 16.9. The fraction of sp³-hybridized carbons (Fsp3) is 0.222. The van der Waals surface area contributed by atoms with E-state index in [4.69, 9.17) is 4.74 Å². The van der Waals surface area contributed by atoms with Crippen molar-refractivity contribution >= 4 is 23.3 Å². The van der Waals surface area contributed by atoms with E-state index in [-0.39, 0.29) is 30.5 Å². The van der Waals surface area contributed by atoms with Gasteiger partial charge in [0.05, 0.1) is 11.5 Å². The number of ether oxygens (including phenoxy) is 1. The molecule has 8 nitrogen and oxygen atoms in total. The number of rotatable bonds is 6. The van der Waals surface area contributed by atoms with Crippen molar-refractivity contribution in [2.75, 3.05) is 18.1 Å². The molecule has 2 aromatic carbocycles. The van der Waals surface area contributed by atoms with Gasteiger partial charge in [0, 0.05) is 11.8 Å². The molecule has 1 aliphatic heterocycles. The van der Waals surface area contributed by atoms with Crippen LogP contribution in [0.15, 0.2) is 54.6 Å². The molecule has 1 fully saturated rings. The van der Waals surface area contributed by atoms with E-state index in [2.05, 4.69) is 0 Å². The van der Waals surface area contributed by atoms with Gasteiger partial charge in [-0.05, 0) is 25.1 Å². The first kappa shape index (κ1) is 17.4. The lowest BCUT2D eigenvalue weighted by Gasteiger charge is -2.19. The highest BCUT2D eigenvalue weighted by Crippen LogP contribution is 2.27. The maximum absolute atomic E-state index is 12.6. The van der Waals surface area contributed by atoms with Gasteiger partial charge in [-0.25, -0.2) is 4.79 Å². The van der Waals surface area contributed by atoms with Crippen LogP contribution in [0.25, 0.3) is 0 Å². The maximum atomic E-state index is 12.6. The summed E-state index contributed by atoms with van der Waals surface area (Å²) in [5, 5.41) is 11.0. The summed E-state index contributed by atoms with van der Waals surface area (Å²) in [4.78, 5) is 38.0. The molecule has 1 saturated heterocycles. The van der Waals surface area contributed by atoms with Crippen LogP contribution >= 0.6 is 0 Å². The molecular weight excluding hydrogens is 338 g/mol. The first-order chi connectivity index (χ1) is 12.5. The third-order valence-corrected chi connectivity index (χ3v) is 4.12. The molecule has 2 aromatic rings. The third kappa shape index (κ3) is 3.21. The molecule has 1 atom stereocenters. The molecule has 0 bridgehead atoms. The zero-order chi connectivity index (χ0) is 18.7. The Bertz CT molecular complexity index is 840. The van der Waals surface area contributed by atoms with Gasteiger partial charge in [0.2, 0.25) is 0 Å². The zero-order valence-electron chi connectivity index (χ0n) is 14.1. The lowest BCUT2D eigenvalue weighted by Crippen LogP contribution is -2.36. The molecule has 0 saturated carbocycles. The molecule has 1 heterocycles. The molecular formula is C18H17N3O5. The molecule has 1 unspecified atom stereocenters. The van der Waals surface area contributed by atoms with Crippen LogP contribution in [0.2, 0.25) is 0 Å². The minimum Gasteiger partial charge on any atom is -0.485 e. The maximum Gasteiger partial charge on any atom is 0.332 e. The molecule has 0 radical (unpaired) electrons. The Morgan fingerprint density at radius 3 is 2.42 bits per heavy atom. The van der Waals surface area contributed by atoms with E-state index in [0.717, 1.165) is 4.90 Å². The van der Waals surface area contributed by atoms with Gasteiger partial charge < -0.3 is 4.74 Å². The Hall–Kier alpha value is -3.42. The van der Waals surface area contributed by atoms with Crippen LogP contribution in [0.4, 0.5) is 16.2 Å². The van der Waals surface area contributed by atoms with E-state index in [0.29, 0.717) is 5.69 Å². The highest BCUT2D eigenvalue weighted by atomic mass is 16.6. The molecule has 3 rings (SSSR count). The third-order valence-electron chi connectivity index (χ3n) is 4.12. The van der Waals surface area contributed by atoms with Crippen LogP contribution < -0.4 is 9.64 Å². The quantitative estimate of drug-likeness (QED) is 0.451. The van der Waals surface area contributed by atoms with Gasteiger partial charge in [-0.1, -0.05) is 30.3 Å². The van der Waals surface area contributed by atoms with Crippen molar-refractivity contribution in [2.45, 2.75) is 13.0 Å². The van der Waals surface area contributed by atoms with E-state index < -0.39 is 17.0 Å². The lowest BCUT2D eigenvalue weighted by molar-refractivity contribution is -0.385. The van der Waals surface area contributed by atoms with Gasteiger partial charge in [0.1, 0.15) is 12.6 Å². The van der Waals surface area contributed by atoms with Crippen molar-refractivity contribution in [1.29, 1.82) is 0 Å². The second-order valence-electron chi connectivity index (χ2n) is 5.73. The van der Waals surface area contributed by atoms with Crippen LogP contribution in [0, 0.1) is 10.1 Å². The molecule has 0 spiro atoms. The number of imide groups is 1. The fourth-order valence-electron chi connectivity index (χ4n) is 2.83. The van der Waals surface area contributed by atoms with Crippen molar-refractivity contribution in [3.8, 4) is 5.75 Å². The molecule has 26 heavy (non-hydrogen) atoms. The molecule has 1 aliphatic rings. The molecule has 134 valence electrons. The largest absolute Gasteiger partial charge is 0.485 e. The Balaban J connectivity index is 1.68. The summed E-state index contributed by atoms with van der Waals surface area (Å²) < 4.78 is 5.43. The highest BCUT2D eigenvalue weighted by molar-refractivity contribution is 6.14. The lowest BCUT2D eigenvalue weighted by atomic mass is 10.2. The molecule has 0 aliphatic carbocycles. The Morgan fingerprint density at radius 2 is 1.73 bits per heavy atom. The minimum atomic E-state index is -0.615. The van der Waals surface area contributed by atoms with Gasteiger partial charge in [-0.15, -0.1) is 0 Å². The fourth-order valence-corrected chi connectivity index (χ4v) is 2.83. The van der Waals surface area contributed by atoms with Gasteiger partial charge in [0.25, 0.3) is 5.91 Å². The SMILES string of the molecule is CC1C(=O)N(CCOc2ccccc2[N+](=O)[O-])C(=O)N1c1ccccc1. The van der Waals surface area contributed by atoms with Crippen molar-refractivity contribution in [3.63, 3.8) is 0 Å². The van der Waals surface area contributed by atoms with Crippen LogP contribution in [0.3, 0.4) is 0 Å². The van der Waals surface area contributed by atoms with Gasteiger partial charge in [-0.2, -0.15) is 0 Å². The predicted molar refractivity (Wildman–Crippen MR) is 94.1 cm³/mol. The Morgan fingerprint density at radius 1 is 1.08 bits per heavy atom. The second kappa shape index (κ2) is 7.22. The zero-order valence-corrected chi connectivity index (χ0v) is 14.1. The molecule has 0 N–H and O–H groups in total. The van der Waals surface area contributed by atoms with Crippen LogP contribution in [-0.4, -0.2) is 41.0 Å². The number of para-hydroxylation sites is 3. The predicted octanol–water partition coefficient (Wildman–Crippen LogP) is 2.83. The van der Waals surface area contributed by atoms with Crippen molar-refractivity contribution < 1.29 is 19.2 Å². The topological polar surface area (TPSA) is 93.0 Å². The molecule has 3 amide bonds. The van der Waals surface area contributed by atoms with Crippen LogP contribution in [0.1, 0.15) is 6.92 Å². The summed E-state index contributed by atoms with van der Waals surface area (Å²) in [5.41, 5.74) is 0.478. The molecule has 8 heteroatoms. The Kier molecular flexibility index (Phi) is 4.83. The first-order valence-corrected chi connectivity index (χ1v) is 8.06. The smallest absolute Gasteiger partial charge is 0.332 e. The summed E-state index contributed by atoms with van der Waals surface area (Å²) >= 11 is 0. The van der Waals surface area contributed by atoms with E-state index in [9.17, 15) is 19.7 Å². The van der Waals surface area contributed by atoms with Gasteiger partial charge in [0.15, 0.2) is 5.75 Å². The monoisotopic (exact) mass is 355 g/mol. The number of nitro groups is 1. The first-order valence-electron chi connectivity index (χ1n) is 8.06. The number of hydrogen-bond donors (Lipinski definition) is 0. The van der Waals surface area contributed by atoms with Gasteiger partial charge in [-0.3, -0.25) is 24.7 Å². The van der Waals surface area contributed by atoms with Gasteiger partial charge >= 0.3 is 11.7 Å². The number of anilines is 1. The number of carbonyl (C=O) groups excluding carboxylic acids is 2. The van der Waals surface area contributed by atoms with Crippen LogP contribution in [-0.2, 0) is 4.79 Å². The summed E-state index contributed by atoms with van der Waals surface area (Å²) in [7, 11) is 0. The second-order valence-corrected chi connectivity index (χ2v) is 5.73.